The maximum absolute atomic E-state index is 13.2. The number of methoxy groups -OCH3 is 1. The summed E-state index contributed by atoms with van der Waals surface area (Å²) in [6, 6.07) is 11.0. The SMILES string of the molecule is COc1cnc(-c2cccc(C(F)(F)F)c2)nc1Nc1c[nH]nc1-c1nc2cc(CN3CCOCC3)ccc2[nH]1. The highest BCUT2D eigenvalue weighted by Crippen LogP contribution is 2.34. The van der Waals surface area contributed by atoms with Crippen LogP contribution in [0.15, 0.2) is 54.9 Å². The lowest BCUT2D eigenvalue weighted by Gasteiger charge is -2.26. The largest absolute Gasteiger partial charge is 0.491 e. The van der Waals surface area contributed by atoms with Crippen molar-refractivity contribution in [1.82, 2.24) is 35.0 Å². The molecule has 13 heteroatoms. The zero-order valence-corrected chi connectivity index (χ0v) is 21.4. The second kappa shape index (κ2) is 10.6. The molecule has 1 aliphatic heterocycles. The van der Waals surface area contributed by atoms with E-state index in [9.17, 15) is 13.2 Å². The molecule has 0 unspecified atom stereocenters. The van der Waals surface area contributed by atoms with E-state index in [1.807, 2.05) is 6.07 Å². The van der Waals surface area contributed by atoms with Crippen LogP contribution in [0.1, 0.15) is 11.1 Å². The first-order valence-corrected chi connectivity index (χ1v) is 12.6. The van der Waals surface area contributed by atoms with Gasteiger partial charge < -0.3 is 19.8 Å². The zero-order valence-electron chi connectivity index (χ0n) is 21.4. The summed E-state index contributed by atoms with van der Waals surface area (Å²) in [7, 11) is 1.46. The number of alkyl halides is 3. The molecule has 40 heavy (non-hydrogen) atoms. The minimum atomic E-state index is -4.48. The number of imidazole rings is 1. The van der Waals surface area contributed by atoms with Gasteiger partial charge in [-0.25, -0.2) is 15.0 Å². The third-order valence-corrected chi connectivity index (χ3v) is 6.60. The average molecular weight is 551 g/mol. The van der Waals surface area contributed by atoms with E-state index >= 15 is 0 Å². The number of anilines is 2. The number of nitrogens with zero attached hydrogens (tertiary/aromatic N) is 5. The highest BCUT2D eigenvalue weighted by molar-refractivity contribution is 5.83. The van der Waals surface area contributed by atoms with Crippen LogP contribution in [0.4, 0.5) is 24.7 Å². The van der Waals surface area contributed by atoms with Gasteiger partial charge in [-0.05, 0) is 29.8 Å². The van der Waals surface area contributed by atoms with Crippen LogP contribution in [0, 0.1) is 0 Å². The number of H-pyrrole nitrogens is 2. The molecule has 0 atom stereocenters. The molecule has 3 aromatic heterocycles. The molecule has 0 bridgehead atoms. The van der Waals surface area contributed by atoms with Crippen molar-refractivity contribution in [3.05, 3.63) is 66.0 Å². The standard InChI is InChI=1S/C27H25F3N8O2/c1-39-22-14-31-24(17-3-2-4-18(12-17)27(28,29)30)36-25(22)35-21-13-32-37-23(21)26-33-19-6-5-16(11-20(19)34-26)15-38-7-9-40-10-8-38/h2-6,11-14H,7-10,15H2,1H3,(H,32,37)(H,33,34)(H,31,35,36). The van der Waals surface area contributed by atoms with Crippen LogP contribution < -0.4 is 10.1 Å². The number of ether oxygens (including phenoxy) is 2. The van der Waals surface area contributed by atoms with Crippen LogP contribution in [0.3, 0.4) is 0 Å². The molecule has 3 N–H and O–H groups in total. The van der Waals surface area contributed by atoms with E-state index in [1.165, 1.54) is 25.4 Å². The van der Waals surface area contributed by atoms with Crippen molar-refractivity contribution < 1.29 is 22.6 Å². The normalized spacial score (nSPS) is 14.5. The summed E-state index contributed by atoms with van der Waals surface area (Å²) in [5.74, 6) is 1.21. The van der Waals surface area contributed by atoms with E-state index in [1.54, 1.807) is 6.20 Å². The van der Waals surface area contributed by atoms with Gasteiger partial charge in [0.2, 0.25) is 0 Å². The number of aromatic amines is 2. The second-order valence-corrected chi connectivity index (χ2v) is 9.29. The van der Waals surface area contributed by atoms with Gasteiger partial charge in [0, 0.05) is 31.4 Å². The molecule has 1 aliphatic rings. The molecule has 0 spiro atoms. The second-order valence-electron chi connectivity index (χ2n) is 9.29. The van der Waals surface area contributed by atoms with Gasteiger partial charge in [0.25, 0.3) is 0 Å². The van der Waals surface area contributed by atoms with E-state index in [0.717, 1.165) is 61.6 Å². The van der Waals surface area contributed by atoms with Crippen LogP contribution >= 0.6 is 0 Å². The van der Waals surface area contributed by atoms with Gasteiger partial charge in [-0.1, -0.05) is 18.2 Å². The van der Waals surface area contributed by atoms with Crippen molar-refractivity contribution in [1.29, 1.82) is 0 Å². The zero-order chi connectivity index (χ0) is 27.7. The van der Waals surface area contributed by atoms with Crippen LogP contribution in [0.25, 0.3) is 33.9 Å². The molecule has 6 rings (SSSR count). The first kappa shape index (κ1) is 25.8. The average Bonchev–Trinajstić information content (AvgIpc) is 3.59. The van der Waals surface area contributed by atoms with Crippen LogP contribution in [0.2, 0.25) is 0 Å². The smallest absolute Gasteiger partial charge is 0.416 e. The van der Waals surface area contributed by atoms with Gasteiger partial charge in [-0.3, -0.25) is 10.00 Å². The van der Waals surface area contributed by atoms with Crippen LogP contribution in [-0.2, 0) is 17.5 Å². The monoisotopic (exact) mass is 550 g/mol. The number of aromatic nitrogens is 6. The molecule has 0 saturated carbocycles. The number of rotatable bonds is 7. The third-order valence-electron chi connectivity index (χ3n) is 6.60. The number of nitrogens with one attached hydrogen (secondary N) is 3. The Morgan fingerprint density at radius 2 is 1.95 bits per heavy atom. The fraction of sp³-hybridized carbons (Fsp3) is 0.259. The first-order valence-electron chi connectivity index (χ1n) is 12.6. The summed E-state index contributed by atoms with van der Waals surface area (Å²) in [6.45, 7) is 4.09. The Kier molecular flexibility index (Phi) is 6.82. The molecule has 0 amide bonds. The Labute approximate surface area is 226 Å². The lowest BCUT2D eigenvalue weighted by atomic mass is 10.1. The summed E-state index contributed by atoms with van der Waals surface area (Å²) in [6.07, 6.45) is -1.44. The van der Waals surface area contributed by atoms with Crippen molar-refractivity contribution in [2.75, 3.05) is 38.7 Å². The summed E-state index contributed by atoms with van der Waals surface area (Å²) in [5.41, 5.74) is 3.31. The Morgan fingerprint density at radius 3 is 2.75 bits per heavy atom. The summed E-state index contributed by atoms with van der Waals surface area (Å²) < 4.78 is 50.6. The van der Waals surface area contributed by atoms with Crippen molar-refractivity contribution in [3.63, 3.8) is 0 Å². The van der Waals surface area contributed by atoms with E-state index in [0.29, 0.717) is 23.0 Å². The molecule has 10 nitrogen and oxygen atoms in total. The van der Waals surface area contributed by atoms with E-state index in [4.69, 9.17) is 14.5 Å². The molecule has 4 heterocycles. The third kappa shape index (κ3) is 5.33. The number of halogens is 3. The number of morpholine rings is 1. The Morgan fingerprint density at radius 1 is 1.10 bits per heavy atom. The van der Waals surface area contributed by atoms with Gasteiger partial charge in [0.1, 0.15) is 0 Å². The predicted molar refractivity (Wildman–Crippen MR) is 142 cm³/mol. The maximum atomic E-state index is 13.2. The molecule has 1 fully saturated rings. The minimum absolute atomic E-state index is 0.107. The number of benzene rings is 2. The van der Waals surface area contributed by atoms with Gasteiger partial charge in [0.15, 0.2) is 28.9 Å². The topological polar surface area (TPSA) is 117 Å². The predicted octanol–water partition coefficient (Wildman–Crippen LogP) is 5.01. The number of fused-ring (bicyclic) bond motifs is 1. The molecule has 2 aromatic carbocycles. The van der Waals surface area contributed by atoms with Crippen LogP contribution in [0.5, 0.6) is 5.75 Å². The number of hydrogen-bond donors (Lipinski definition) is 3. The molecule has 1 saturated heterocycles. The lowest BCUT2D eigenvalue weighted by Crippen LogP contribution is -2.35. The van der Waals surface area contributed by atoms with Gasteiger partial charge in [0.05, 0.1) is 48.8 Å². The maximum Gasteiger partial charge on any atom is 0.416 e. The van der Waals surface area contributed by atoms with E-state index < -0.39 is 11.7 Å². The Hall–Kier alpha value is -4.49. The van der Waals surface area contributed by atoms with Crippen molar-refractivity contribution in [3.8, 4) is 28.7 Å². The molecule has 5 aromatic rings. The Bertz CT molecular complexity index is 1640. The minimum Gasteiger partial charge on any atom is -0.491 e. The van der Waals surface area contributed by atoms with Crippen molar-refractivity contribution in [2.45, 2.75) is 12.7 Å². The summed E-state index contributed by atoms with van der Waals surface area (Å²) in [5, 5.41) is 10.4. The van der Waals surface area contributed by atoms with E-state index in [2.05, 4.69) is 47.5 Å². The fourth-order valence-corrected chi connectivity index (χ4v) is 4.56. The molecule has 206 valence electrons. The summed E-state index contributed by atoms with van der Waals surface area (Å²) >= 11 is 0. The quantitative estimate of drug-likeness (QED) is 0.259. The van der Waals surface area contributed by atoms with Gasteiger partial charge >= 0.3 is 6.18 Å². The fourth-order valence-electron chi connectivity index (χ4n) is 4.56. The molecular formula is C27H25F3N8O2. The van der Waals surface area contributed by atoms with Crippen LogP contribution in [-0.4, -0.2) is 68.4 Å². The molecule has 0 radical (unpaired) electrons. The highest BCUT2D eigenvalue weighted by atomic mass is 19.4. The van der Waals surface area contributed by atoms with E-state index in [-0.39, 0.29) is 17.2 Å². The lowest BCUT2D eigenvalue weighted by molar-refractivity contribution is -0.137. The summed E-state index contributed by atoms with van der Waals surface area (Å²) in [4.78, 5) is 19.1. The Balaban J connectivity index is 1.28. The van der Waals surface area contributed by atoms with Crippen molar-refractivity contribution >= 4 is 22.5 Å². The number of hydrogen-bond acceptors (Lipinski definition) is 8. The van der Waals surface area contributed by atoms with Gasteiger partial charge in [-0.15, -0.1) is 0 Å². The first-order chi connectivity index (χ1) is 19.4. The highest BCUT2D eigenvalue weighted by Gasteiger charge is 2.30. The molecule has 0 aliphatic carbocycles. The molecular weight excluding hydrogens is 525 g/mol. The van der Waals surface area contributed by atoms with Gasteiger partial charge in [-0.2, -0.15) is 18.3 Å². The van der Waals surface area contributed by atoms with Crippen molar-refractivity contribution in [2.24, 2.45) is 0 Å².